The van der Waals surface area contributed by atoms with Crippen LogP contribution in [-0.4, -0.2) is 11.0 Å². The lowest BCUT2D eigenvalue weighted by molar-refractivity contribution is 0.474. The van der Waals surface area contributed by atoms with E-state index in [2.05, 4.69) is 11.9 Å². The van der Waals surface area contributed by atoms with Crippen molar-refractivity contribution in [3.8, 4) is 0 Å². The molecular formula is C11H14N2OS2. The van der Waals surface area contributed by atoms with Gasteiger partial charge in [-0.3, -0.25) is 0 Å². The first kappa shape index (κ1) is 11.7. The first-order chi connectivity index (χ1) is 7.81. The minimum absolute atomic E-state index is 0.0834. The maximum atomic E-state index is 6.12. The van der Waals surface area contributed by atoms with Crippen LogP contribution in [0.15, 0.2) is 38.7 Å². The second-order valence-electron chi connectivity index (χ2n) is 3.42. The van der Waals surface area contributed by atoms with Crippen LogP contribution in [0.1, 0.15) is 24.4 Å². The Morgan fingerprint density at radius 1 is 1.62 bits per heavy atom. The van der Waals surface area contributed by atoms with E-state index in [-0.39, 0.29) is 11.3 Å². The standard InChI is InChI=1S/C11H14N2OS2/c1-2-8(12)10(9-4-3-6-14-9)16-11-13-5-7-15-11/h3-8,10H,2,12H2,1H3. The molecule has 0 fully saturated rings. The van der Waals surface area contributed by atoms with E-state index in [1.165, 1.54) is 0 Å². The summed E-state index contributed by atoms with van der Waals surface area (Å²) in [6.07, 6.45) is 4.42. The highest BCUT2D eigenvalue weighted by atomic mass is 32.2. The summed E-state index contributed by atoms with van der Waals surface area (Å²) in [4.78, 5) is 4.27. The molecule has 2 unspecified atom stereocenters. The minimum atomic E-state index is 0.0834. The molecule has 0 radical (unpaired) electrons. The molecule has 86 valence electrons. The summed E-state index contributed by atoms with van der Waals surface area (Å²) < 4.78 is 6.48. The molecule has 16 heavy (non-hydrogen) atoms. The molecule has 0 aliphatic carbocycles. The van der Waals surface area contributed by atoms with Gasteiger partial charge in [0.2, 0.25) is 0 Å². The van der Waals surface area contributed by atoms with E-state index in [1.807, 2.05) is 23.7 Å². The molecule has 2 aromatic heterocycles. The molecule has 0 aliphatic heterocycles. The minimum Gasteiger partial charge on any atom is -0.468 e. The molecule has 0 aliphatic rings. The highest BCUT2D eigenvalue weighted by Gasteiger charge is 2.23. The van der Waals surface area contributed by atoms with Crippen LogP contribution < -0.4 is 5.73 Å². The van der Waals surface area contributed by atoms with E-state index < -0.39 is 0 Å². The fourth-order valence-corrected chi connectivity index (χ4v) is 3.42. The highest BCUT2D eigenvalue weighted by molar-refractivity contribution is 8.01. The quantitative estimate of drug-likeness (QED) is 0.832. The Morgan fingerprint density at radius 2 is 2.50 bits per heavy atom. The maximum Gasteiger partial charge on any atom is 0.150 e. The van der Waals surface area contributed by atoms with Gasteiger partial charge in [0.25, 0.3) is 0 Å². The number of nitrogens with zero attached hydrogens (tertiary/aromatic N) is 1. The lowest BCUT2D eigenvalue weighted by atomic mass is 10.1. The van der Waals surface area contributed by atoms with Crippen molar-refractivity contribution in [3.05, 3.63) is 35.7 Å². The van der Waals surface area contributed by atoms with E-state index in [1.54, 1.807) is 29.4 Å². The van der Waals surface area contributed by atoms with Crippen LogP contribution in [0.5, 0.6) is 0 Å². The van der Waals surface area contributed by atoms with E-state index in [0.29, 0.717) is 0 Å². The Morgan fingerprint density at radius 3 is 3.06 bits per heavy atom. The monoisotopic (exact) mass is 254 g/mol. The van der Waals surface area contributed by atoms with Crippen molar-refractivity contribution in [2.75, 3.05) is 0 Å². The van der Waals surface area contributed by atoms with Crippen LogP contribution in [0.25, 0.3) is 0 Å². The molecule has 3 nitrogen and oxygen atoms in total. The van der Waals surface area contributed by atoms with Gasteiger partial charge in [0.05, 0.1) is 11.5 Å². The van der Waals surface area contributed by atoms with Crippen molar-refractivity contribution in [3.63, 3.8) is 0 Å². The molecule has 0 bridgehead atoms. The summed E-state index contributed by atoms with van der Waals surface area (Å²) in [5.41, 5.74) is 6.12. The Balaban J connectivity index is 2.15. The second kappa shape index (κ2) is 5.52. The Bertz CT molecular complexity index is 400. The summed E-state index contributed by atoms with van der Waals surface area (Å²) in [7, 11) is 0. The lowest BCUT2D eigenvalue weighted by Gasteiger charge is -2.18. The fourth-order valence-electron chi connectivity index (χ4n) is 1.40. The van der Waals surface area contributed by atoms with Crippen LogP contribution >= 0.6 is 23.1 Å². The maximum absolute atomic E-state index is 6.12. The molecular weight excluding hydrogens is 240 g/mol. The van der Waals surface area contributed by atoms with Gasteiger partial charge in [0.1, 0.15) is 5.76 Å². The number of furan rings is 1. The molecule has 0 saturated heterocycles. The molecule has 2 rings (SSSR count). The number of aromatic nitrogens is 1. The summed E-state index contributed by atoms with van der Waals surface area (Å²) >= 11 is 3.31. The average Bonchev–Trinajstić information content (AvgIpc) is 2.97. The van der Waals surface area contributed by atoms with Crippen molar-refractivity contribution < 1.29 is 4.42 Å². The largest absolute Gasteiger partial charge is 0.468 e. The van der Waals surface area contributed by atoms with E-state index in [4.69, 9.17) is 10.2 Å². The van der Waals surface area contributed by atoms with Crippen LogP contribution in [0, 0.1) is 0 Å². The summed E-state index contributed by atoms with van der Waals surface area (Å²) in [6.45, 7) is 2.09. The first-order valence-electron chi connectivity index (χ1n) is 5.16. The Labute approximate surface area is 103 Å². The third-order valence-corrected chi connectivity index (χ3v) is 4.61. The zero-order valence-electron chi connectivity index (χ0n) is 9.00. The predicted molar refractivity (Wildman–Crippen MR) is 67.7 cm³/mol. The van der Waals surface area contributed by atoms with Crippen LogP contribution in [0.3, 0.4) is 0 Å². The van der Waals surface area contributed by atoms with Crippen molar-refractivity contribution >= 4 is 23.1 Å². The van der Waals surface area contributed by atoms with Gasteiger partial charge in [0.15, 0.2) is 4.34 Å². The SMILES string of the molecule is CCC(N)C(Sc1nccs1)c1ccco1. The van der Waals surface area contributed by atoms with Crippen LogP contribution in [-0.2, 0) is 0 Å². The van der Waals surface area contributed by atoms with Gasteiger partial charge in [-0.2, -0.15) is 0 Å². The topological polar surface area (TPSA) is 52.0 Å². The van der Waals surface area contributed by atoms with E-state index in [9.17, 15) is 0 Å². The van der Waals surface area contributed by atoms with Gasteiger partial charge in [-0.25, -0.2) is 4.98 Å². The van der Waals surface area contributed by atoms with Crippen molar-refractivity contribution in [1.29, 1.82) is 0 Å². The molecule has 2 atom stereocenters. The Kier molecular flexibility index (Phi) is 4.04. The molecule has 5 heteroatoms. The summed E-state index contributed by atoms with van der Waals surface area (Å²) in [5, 5.41) is 2.12. The van der Waals surface area contributed by atoms with Gasteiger partial charge in [0, 0.05) is 17.6 Å². The molecule has 2 aromatic rings. The van der Waals surface area contributed by atoms with Crippen LogP contribution in [0.4, 0.5) is 0 Å². The lowest BCUT2D eigenvalue weighted by Crippen LogP contribution is -2.25. The second-order valence-corrected chi connectivity index (χ2v) is 5.71. The van der Waals surface area contributed by atoms with Gasteiger partial charge in [-0.1, -0.05) is 18.7 Å². The zero-order chi connectivity index (χ0) is 11.4. The van der Waals surface area contributed by atoms with E-state index >= 15 is 0 Å². The van der Waals surface area contributed by atoms with Crippen LogP contribution in [0.2, 0.25) is 0 Å². The average molecular weight is 254 g/mol. The first-order valence-corrected chi connectivity index (χ1v) is 6.92. The number of rotatable bonds is 5. The Hall–Kier alpha value is -0.780. The van der Waals surface area contributed by atoms with Gasteiger partial charge < -0.3 is 10.2 Å². The third kappa shape index (κ3) is 2.66. The molecule has 0 aromatic carbocycles. The zero-order valence-corrected chi connectivity index (χ0v) is 10.6. The van der Waals surface area contributed by atoms with Crippen molar-refractivity contribution in [2.45, 2.75) is 29.0 Å². The van der Waals surface area contributed by atoms with Crippen molar-refractivity contribution in [1.82, 2.24) is 4.98 Å². The molecule has 0 spiro atoms. The number of thiazole rings is 1. The predicted octanol–water partition coefficient (Wildman–Crippen LogP) is 3.31. The van der Waals surface area contributed by atoms with Gasteiger partial charge in [-0.05, 0) is 18.6 Å². The molecule has 0 amide bonds. The van der Waals surface area contributed by atoms with Gasteiger partial charge >= 0.3 is 0 Å². The summed E-state index contributed by atoms with van der Waals surface area (Å²) in [6, 6.07) is 3.95. The molecule has 2 N–H and O–H groups in total. The van der Waals surface area contributed by atoms with Gasteiger partial charge in [-0.15, -0.1) is 11.3 Å². The molecule has 2 heterocycles. The third-order valence-electron chi connectivity index (χ3n) is 2.32. The number of thioether (sulfide) groups is 1. The number of hydrogen-bond acceptors (Lipinski definition) is 5. The smallest absolute Gasteiger partial charge is 0.150 e. The highest BCUT2D eigenvalue weighted by Crippen LogP contribution is 2.38. The number of hydrogen-bond donors (Lipinski definition) is 1. The van der Waals surface area contributed by atoms with Crippen molar-refractivity contribution in [2.24, 2.45) is 5.73 Å². The normalized spacial score (nSPS) is 14.9. The molecule has 0 saturated carbocycles. The fraction of sp³-hybridized carbons (Fsp3) is 0.364. The van der Waals surface area contributed by atoms with E-state index in [0.717, 1.165) is 16.5 Å². The number of nitrogens with two attached hydrogens (primary N) is 1. The summed E-state index contributed by atoms with van der Waals surface area (Å²) in [5.74, 6) is 0.926.